The molecule has 0 spiro atoms. The number of hydrogen-bond acceptors (Lipinski definition) is 3. The zero-order valence-electron chi connectivity index (χ0n) is 11.4. The lowest BCUT2D eigenvalue weighted by atomic mass is 10.0. The summed E-state index contributed by atoms with van der Waals surface area (Å²) in [6.07, 6.45) is 9.69. The van der Waals surface area contributed by atoms with Crippen molar-refractivity contribution in [1.29, 1.82) is 0 Å². The first-order valence-corrected chi connectivity index (χ1v) is 8.40. The highest BCUT2D eigenvalue weighted by Crippen LogP contribution is 2.41. The highest BCUT2D eigenvalue weighted by Gasteiger charge is 2.26. The summed E-state index contributed by atoms with van der Waals surface area (Å²) in [6, 6.07) is 0. The van der Waals surface area contributed by atoms with Crippen LogP contribution in [0.1, 0.15) is 68.0 Å². The Labute approximate surface area is 118 Å². The molecular formula is C15H22N2OS. The molecule has 1 aromatic heterocycles. The number of hydrogen-bond donors (Lipinski definition) is 1. The summed E-state index contributed by atoms with van der Waals surface area (Å²) >= 11 is 1.74. The van der Waals surface area contributed by atoms with Crippen molar-refractivity contribution in [3.63, 3.8) is 0 Å². The van der Waals surface area contributed by atoms with E-state index in [9.17, 15) is 4.79 Å². The normalized spacial score (nSPS) is 19.8. The summed E-state index contributed by atoms with van der Waals surface area (Å²) in [5.41, 5.74) is 1.03. The third-order valence-electron chi connectivity index (χ3n) is 4.22. The Morgan fingerprint density at radius 2 is 2.11 bits per heavy atom. The summed E-state index contributed by atoms with van der Waals surface area (Å²) in [6.45, 7) is 0.604. The van der Waals surface area contributed by atoms with Gasteiger partial charge in [-0.25, -0.2) is 4.98 Å². The van der Waals surface area contributed by atoms with Crippen LogP contribution in [0.4, 0.5) is 0 Å². The number of carbonyl (C=O) groups is 1. The highest BCUT2D eigenvalue weighted by molar-refractivity contribution is 7.09. The first-order valence-electron chi connectivity index (χ1n) is 7.52. The average molecular weight is 278 g/mol. The number of carbonyl (C=O) groups excluding carboxylic acids is 1. The van der Waals surface area contributed by atoms with E-state index in [4.69, 9.17) is 0 Å². The zero-order valence-corrected chi connectivity index (χ0v) is 12.2. The second kappa shape index (κ2) is 6.04. The zero-order chi connectivity index (χ0) is 13.1. The largest absolute Gasteiger partial charge is 0.350 e. The molecule has 0 atom stereocenters. The minimum atomic E-state index is 0.188. The molecule has 0 aliphatic heterocycles. The van der Waals surface area contributed by atoms with E-state index in [0.717, 1.165) is 24.0 Å². The van der Waals surface area contributed by atoms with Crippen molar-refractivity contribution in [2.45, 2.75) is 63.8 Å². The van der Waals surface area contributed by atoms with Gasteiger partial charge in [0.25, 0.3) is 0 Å². The predicted molar refractivity (Wildman–Crippen MR) is 77.1 cm³/mol. The van der Waals surface area contributed by atoms with Gasteiger partial charge in [-0.15, -0.1) is 11.3 Å². The number of rotatable bonds is 6. The van der Waals surface area contributed by atoms with Crippen LogP contribution in [0.5, 0.6) is 0 Å². The molecule has 19 heavy (non-hydrogen) atoms. The Morgan fingerprint density at radius 3 is 2.84 bits per heavy atom. The molecule has 1 heterocycles. The van der Waals surface area contributed by atoms with Gasteiger partial charge >= 0.3 is 0 Å². The fourth-order valence-electron chi connectivity index (χ4n) is 2.83. The molecule has 2 fully saturated rings. The van der Waals surface area contributed by atoms with Crippen LogP contribution in [0.2, 0.25) is 0 Å². The van der Waals surface area contributed by atoms with Gasteiger partial charge in [0, 0.05) is 17.7 Å². The molecule has 3 nitrogen and oxygen atoms in total. The van der Waals surface area contributed by atoms with Crippen LogP contribution in [0.25, 0.3) is 0 Å². The van der Waals surface area contributed by atoms with Crippen molar-refractivity contribution >= 4 is 17.2 Å². The van der Waals surface area contributed by atoms with Crippen LogP contribution in [0.15, 0.2) is 5.38 Å². The number of nitrogens with one attached hydrogen (secondary N) is 1. The van der Waals surface area contributed by atoms with E-state index >= 15 is 0 Å². The molecule has 0 bridgehead atoms. The van der Waals surface area contributed by atoms with Crippen molar-refractivity contribution in [3.8, 4) is 0 Å². The van der Waals surface area contributed by atoms with Gasteiger partial charge in [-0.1, -0.05) is 25.7 Å². The third kappa shape index (κ3) is 3.78. The number of aromatic nitrogens is 1. The molecule has 2 aliphatic carbocycles. The minimum absolute atomic E-state index is 0.188. The maximum atomic E-state index is 11.8. The molecule has 4 heteroatoms. The average Bonchev–Trinajstić information content (AvgIpc) is 2.95. The van der Waals surface area contributed by atoms with Gasteiger partial charge in [0.05, 0.1) is 17.2 Å². The minimum Gasteiger partial charge on any atom is -0.350 e. The van der Waals surface area contributed by atoms with Crippen LogP contribution in [0, 0.1) is 5.92 Å². The second-order valence-corrected chi connectivity index (χ2v) is 6.81. The Morgan fingerprint density at radius 1 is 1.32 bits per heavy atom. The molecule has 1 N–H and O–H groups in total. The van der Waals surface area contributed by atoms with E-state index in [-0.39, 0.29) is 5.91 Å². The molecule has 2 aliphatic rings. The SMILES string of the molecule is O=C(CCC1CCCC1)NCc1csc(C2CC2)n1. The van der Waals surface area contributed by atoms with E-state index in [0.29, 0.717) is 13.0 Å². The summed E-state index contributed by atoms with van der Waals surface area (Å²) in [7, 11) is 0. The smallest absolute Gasteiger partial charge is 0.220 e. The first kappa shape index (κ1) is 13.1. The predicted octanol–water partition coefficient (Wildman–Crippen LogP) is 3.61. The van der Waals surface area contributed by atoms with Gasteiger partial charge in [0.15, 0.2) is 0 Å². The Bertz CT molecular complexity index is 433. The summed E-state index contributed by atoms with van der Waals surface area (Å²) in [5.74, 6) is 1.70. The maximum absolute atomic E-state index is 11.8. The number of amides is 1. The van der Waals surface area contributed by atoms with E-state index in [1.807, 2.05) is 0 Å². The Hall–Kier alpha value is -0.900. The summed E-state index contributed by atoms with van der Waals surface area (Å²) in [5, 5.41) is 6.35. The molecule has 104 valence electrons. The van der Waals surface area contributed by atoms with Crippen molar-refractivity contribution in [1.82, 2.24) is 10.3 Å². The number of nitrogens with zero attached hydrogens (tertiary/aromatic N) is 1. The standard InChI is InChI=1S/C15H22N2OS/c18-14(8-5-11-3-1-2-4-11)16-9-13-10-19-15(17-13)12-6-7-12/h10-12H,1-9H2,(H,16,18). The molecule has 0 unspecified atom stereocenters. The molecule has 0 saturated heterocycles. The fourth-order valence-corrected chi connectivity index (χ4v) is 3.82. The summed E-state index contributed by atoms with van der Waals surface area (Å²) < 4.78 is 0. The molecule has 0 radical (unpaired) electrons. The third-order valence-corrected chi connectivity index (χ3v) is 5.27. The lowest BCUT2D eigenvalue weighted by Crippen LogP contribution is -2.23. The van der Waals surface area contributed by atoms with Crippen molar-refractivity contribution in [2.24, 2.45) is 5.92 Å². The Kier molecular flexibility index (Phi) is 4.16. The van der Waals surface area contributed by atoms with Gasteiger partial charge in [0.1, 0.15) is 0 Å². The molecule has 0 aromatic carbocycles. The number of thiazole rings is 1. The molecule has 1 aromatic rings. The van der Waals surface area contributed by atoms with Crippen molar-refractivity contribution in [2.75, 3.05) is 0 Å². The van der Waals surface area contributed by atoms with Gasteiger partial charge in [-0.2, -0.15) is 0 Å². The van der Waals surface area contributed by atoms with Crippen LogP contribution < -0.4 is 5.32 Å². The molecule has 3 rings (SSSR count). The van der Waals surface area contributed by atoms with Gasteiger partial charge in [-0.05, 0) is 25.2 Å². The summed E-state index contributed by atoms with van der Waals surface area (Å²) in [4.78, 5) is 16.4. The monoisotopic (exact) mass is 278 g/mol. The van der Waals surface area contributed by atoms with E-state index < -0.39 is 0 Å². The van der Waals surface area contributed by atoms with Crippen LogP contribution >= 0.6 is 11.3 Å². The first-order chi connectivity index (χ1) is 9.31. The second-order valence-electron chi connectivity index (χ2n) is 5.92. The molecule has 2 saturated carbocycles. The van der Waals surface area contributed by atoms with Crippen molar-refractivity contribution < 1.29 is 4.79 Å². The van der Waals surface area contributed by atoms with Gasteiger partial charge in [-0.3, -0.25) is 4.79 Å². The fraction of sp³-hybridized carbons (Fsp3) is 0.733. The molecular weight excluding hydrogens is 256 g/mol. The van der Waals surface area contributed by atoms with E-state index in [1.54, 1.807) is 11.3 Å². The quantitative estimate of drug-likeness (QED) is 0.863. The van der Waals surface area contributed by atoms with E-state index in [1.165, 1.54) is 43.5 Å². The molecule has 1 amide bonds. The topological polar surface area (TPSA) is 42.0 Å². The highest BCUT2D eigenvalue weighted by atomic mass is 32.1. The van der Waals surface area contributed by atoms with Crippen LogP contribution in [-0.4, -0.2) is 10.9 Å². The van der Waals surface area contributed by atoms with Crippen LogP contribution in [-0.2, 0) is 11.3 Å². The van der Waals surface area contributed by atoms with E-state index in [2.05, 4.69) is 15.7 Å². The Balaban J connectivity index is 1.36. The van der Waals surface area contributed by atoms with Gasteiger partial charge in [0.2, 0.25) is 5.91 Å². The van der Waals surface area contributed by atoms with Gasteiger partial charge < -0.3 is 5.32 Å². The lowest BCUT2D eigenvalue weighted by Gasteiger charge is -2.08. The van der Waals surface area contributed by atoms with Crippen molar-refractivity contribution in [3.05, 3.63) is 16.1 Å². The van der Waals surface area contributed by atoms with Crippen LogP contribution in [0.3, 0.4) is 0 Å². The maximum Gasteiger partial charge on any atom is 0.220 e. The lowest BCUT2D eigenvalue weighted by molar-refractivity contribution is -0.121.